The molecule has 35 heavy (non-hydrogen) atoms. The smallest absolute Gasteiger partial charge is 0.451 e. The van der Waals surface area contributed by atoms with Crippen molar-refractivity contribution in [2.75, 3.05) is 26.3 Å². The number of morpholine rings is 1. The molecule has 3 aromatic rings. The number of benzene rings is 1. The first-order valence-electron chi connectivity index (χ1n) is 10.6. The van der Waals surface area contributed by atoms with Gasteiger partial charge in [-0.3, -0.25) is 4.79 Å². The first-order valence-corrected chi connectivity index (χ1v) is 11.8. The second kappa shape index (κ2) is 10.9. The van der Waals surface area contributed by atoms with E-state index >= 15 is 0 Å². The average molecular weight is 528 g/mol. The first-order chi connectivity index (χ1) is 16.7. The quantitative estimate of drug-likeness (QED) is 0.477. The Hall–Kier alpha value is -2.80. The number of thiazole rings is 1. The van der Waals surface area contributed by atoms with Crippen LogP contribution in [-0.2, 0) is 10.9 Å². The molecule has 0 bridgehead atoms. The Bertz CT molecular complexity index is 1170. The van der Waals surface area contributed by atoms with E-state index in [-0.39, 0.29) is 18.3 Å². The van der Waals surface area contributed by atoms with Crippen molar-refractivity contribution in [3.63, 3.8) is 0 Å². The van der Waals surface area contributed by atoms with Crippen molar-refractivity contribution in [3.05, 3.63) is 58.1 Å². The number of halogens is 4. The summed E-state index contributed by atoms with van der Waals surface area (Å²) in [7, 11) is 0. The molecular formula is C22H21ClF3N5O3S. The Morgan fingerprint density at radius 3 is 2.69 bits per heavy atom. The van der Waals surface area contributed by atoms with Crippen molar-refractivity contribution >= 4 is 28.8 Å². The number of ether oxygens (including phenoxy) is 2. The van der Waals surface area contributed by atoms with Crippen molar-refractivity contribution < 1.29 is 27.4 Å². The van der Waals surface area contributed by atoms with E-state index < -0.39 is 23.9 Å². The fourth-order valence-electron chi connectivity index (χ4n) is 3.31. The van der Waals surface area contributed by atoms with E-state index in [1.807, 2.05) is 0 Å². The molecule has 2 N–H and O–H groups in total. The molecule has 2 aromatic heterocycles. The third-order valence-corrected chi connectivity index (χ3v) is 6.27. The zero-order valence-electron chi connectivity index (χ0n) is 18.4. The summed E-state index contributed by atoms with van der Waals surface area (Å²) < 4.78 is 50.2. The van der Waals surface area contributed by atoms with Crippen LogP contribution in [0.5, 0.6) is 5.75 Å². The summed E-state index contributed by atoms with van der Waals surface area (Å²) >= 11 is 7.28. The number of nitrogens with one attached hydrogen (secondary N) is 2. The van der Waals surface area contributed by atoms with Crippen molar-refractivity contribution in [1.29, 1.82) is 0 Å². The van der Waals surface area contributed by atoms with Gasteiger partial charge in [0.2, 0.25) is 5.82 Å². The van der Waals surface area contributed by atoms with Gasteiger partial charge in [-0.1, -0.05) is 11.6 Å². The molecule has 1 aliphatic heterocycles. The van der Waals surface area contributed by atoms with Gasteiger partial charge < -0.3 is 20.1 Å². The van der Waals surface area contributed by atoms with Crippen molar-refractivity contribution in [2.45, 2.75) is 25.2 Å². The lowest BCUT2D eigenvalue weighted by Crippen LogP contribution is -2.41. The maximum absolute atomic E-state index is 13.0. The molecule has 1 fully saturated rings. The fraction of sp³-hybridized carbons (Fsp3) is 0.364. The molecule has 3 heterocycles. The number of hydrogen-bond acceptors (Lipinski definition) is 8. The molecule has 8 nitrogen and oxygen atoms in total. The predicted molar refractivity (Wildman–Crippen MR) is 124 cm³/mol. The molecule has 0 radical (unpaired) electrons. The zero-order valence-corrected chi connectivity index (χ0v) is 20.0. The second-order valence-corrected chi connectivity index (χ2v) is 9.42. The standard InChI is InChI=1S/C22H21ClF3N5O3S/c1-12(15-7-29-21(30-8-15)22(24,25)26)31-19(32)13-4-14(20-28-10-18(23)35-20)6-16(5-13)34-11-17-9-27-2-3-33-17/h4-8,10,12,17,27H,2-3,9,11H2,1H3,(H,31,32)/t12?,17-/m1/s1. The van der Waals surface area contributed by atoms with Gasteiger partial charge in [-0.05, 0) is 25.1 Å². The number of rotatable bonds is 7. The van der Waals surface area contributed by atoms with E-state index in [0.29, 0.717) is 39.4 Å². The molecule has 1 amide bonds. The summed E-state index contributed by atoms with van der Waals surface area (Å²) in [5, 5.41) is 6.58. The van der Waals surface area contributed by atoms with Gasteiger partial charge in [-0.25, -0.2) is 15.0 Å². The van der Waals surface area contributed by atoms with Crippen LogP contribution in [0.1, 0.15) is 34.7 Å². The molecule has 2 atom stereocenters. The van der Waals surface area contributed by atoms with Crippen LogP contribution in [0.25, 0.3) is 10.6 Å². The predicted octanol–water partition coefficient (Wildman–Crippen LogP) is 4.13. The highest BCUT2D eigenvalue weighted by molar-refractivity contribution is 7.18. The minimum Gasteiger partial charge on any atom is -0.491 e. The van der Waals surface area contributed by atoms with E-state index in [2.05, 4.69) is 25.6 Å². The van der Waals surface area contributed by atoms with Crippen molar-refractivity contribution in [2.24, 2.45) is 0 Å². The number of carbonyl (C=O) groups excluding carboxylic acids is 1. The van der Waals surface area contributed by atoms with E-state index in [1.54, 1.807) is 25.1 Å². The highest BCUT2D eigenvalue weighted by Gasteiger charge is 2.34. The average Bonchev–Trinajstić information content (AvgIpc) is 3.29. The maximum atomic E-state index is 13.0. The van der Waals surface area contributed by atoms with Crippen LogP contribution < -0.4 is 15.4 Å². The third kappa shape index (κ3) is 6.66. The molecule has 186 valence electrons. The minimum atomic E-state index is -4.64. The van der Waals surface area contributed by atoms with Gasteiger partial charge in [0.05, 0.1) is 18.8 Å². The highest BCUT2D eigenvalue weighted by atomic mass is 35.5. The lowest BCUT2D eigenvalue weighted by molar-refractivity contribution is -0.145. The van der Waals surface area contributed by atoms with Gasteiger partial charge in [0.25, 0.3) is 5.91 Å². The summed E-state index contributed by atoms with van der Waals surface area (Å²) in [6.07, 6.45) is -1.16. The van der Waals surface area contributed by atoms with E-state index in [9.17, 15) is 18.0 Å². The number of hydrogen-bond donors (Lipinski definition) is 2. The number of amides is 1. The van der Waals surface area contributed by atoms with Crippen LogP contribution in [0.3, 0.4) is 0 Å². The van der Waals surface area contributed by atoms with Gasteiger partial charge in [-0.2, -0.15) is 13.2 Å². The molecule has 0 spiro atoms. The van der Waals surface area contributed by atoms with Crippen molar-refractivity contribution in [1.82, 2.24) is 25.6 Å². The molecule has 0 saturated carbocycles. The lowest BCUT2D eigenvalue weighted by Gasteiger charge is -2.23. The summed E-state index contributed by atoms with van der Waals surface area (Å²) in [6, 6.07) is 4.34. The number of nitrogens with zero attached hydrogens (tertiary/aromatic N) is 3. The van der Waals surface area contributed by atoms with Crippen molar-refractivity contribution in [3.8, 4) is 16.3 Å². The van der Waals surface area contributed by atoms with Crippen LogP contribution in [-0.4, -0.2) is 53.3 Å². The molecule has 1 saturated heterocycles. The summed E-state index contributed by atoms with van der Waals surface area (Å²) in [6.45, 7) is 3.94. The van der Waals surface area contributed by atoms with Crippen LogP contribution in [0.15, 0.2) is 36.8 Å². The number of alkyl halides is 3. The Morgan fingerprint density at radius 1 is 1.29 bits per heavy atom. The molecule has 13 heteroatoms. The summed E-state index contributed by atoms with van der Waals surface area (Å²) in [4.78, 5) is 24.0. The Morgan fingerprint density at radius 2 is 2.06 bits per heavy atom. The lowest BCUT2D eigenvalue weighted by atomic mass is 10.1. The Labute approximate surface area is 207 Å². The van der Waals surface area contributed by atoms with Crippen LogP contribution >= 0.6 is 22.9 Å². The van der Waals surface area contributed by atoms with Gasteiger partial charge in [0.15, 0.2) is 0 Å². The fourth-order valence-corrected chi connectivity index (χ4v) is 4.21. The number of carbonyl (C=O) groups is 1. The number of aromatic nitrogens is 3. The summed E-state index contributed by atoms with van der Waals surface area (Å²) in [5.41, 5.74) is 1.25. The van der Waals surface area contributed by atoms with Gasteiger partial charge >= 0.3 is 6.18 Å². The van der Waals surface area contributed by atoms with Gasteiger partial charge in [-0.15, -0.1) is 11.3 Å². The van der Waals surface area contributed by atoms with Crippen LogP contribution in [0, 0.1) is 0 Å². The SMILES string of the molecule is CC(NC(=O)c1cc(OC[C@H]2CNCCO2)cc(-c2ncc(Cl)s2)c1)c1cnc(C(F)(F)F)nc1. The monoisotopic (exact) mass is 527 g/mol. The molecular weight excluding hydrogens is 507 g/mol. The Kier molecular flexibility index (Phi) is 7.85. The maximum Gasteiger partial charge on any atom is 0.451 e. The highest BCUT2D eigenvalue weighted by Crippen LogP contribution is 2.32. The normalized spacial score (nSPS) is 17.1. The van der Waals surface area contributed by atoms with E-state index in [4.69, 9.17) is 21.1 Å². The molecule has 1 aliphatic rings. The van der Waals surface area contributed by atoms with Crippen LogP contribution in [0.2, 0.25) is 4.34 Å². The topological polar surface area (TPSA) is 98.3 Å². The second-order valence-electron chi connectivity index (χ2n) is 7.76. The third-order valence-electron chi connectivity index (χ3n) is 5.11. The van der Waals surface area contributed by atoms with Gasteiger partial charge in [0, 0.05) is 42.2 Å². The largest absolute Gasteiger partial charge is 0.491 e. The molecule has 4 rings (SSSR count). The van der Waals surface area contributed by atoms with E-state index in [1.165, 1.54) is 17.5 Å². The molecule has 1 aromatic carbocycles. The molecule has 0 aliphatic carbocycles. The molecule has 1 unspecified atom stereocenters. The summed E-state index contributed by atoms with van der Waals surface area (Å²) in [5.74, 6) is -1.26. The first kappa shape index (κ1) is 25.3. The Balaban J connectivity index is 1.52. The minimum absolute atomic E-state index is 0.126. The van der Waals surface area contributed by atoms with E-state index in [0.717, 1.165) is 18.9 Å². The zero-order chi connectivity index (χ0) is 25.0. The van der Waals surface area contributed by atoms with Crippen LogP contribution in [0.4, 0.5) is 13.2 Å². The van der Waals surface area contributed by atoms with Gasteiger partial charge in [0.1, 0.15) is 27.8 Å².